The van der Waals surface area contributed by atoms with Crippen LogP contribution in [0.4, 0.5) is 4.79 Å². The smallest absolute Gasteiger partial charge is 0.328 e. The minimum absolute atomic E-state index is 0.167. The van der Waals surface area contributed by atoms with E-state index in [-0.39, 0.29) is 12.1 Å². The first-order valence-electron chi connectivity index (χ1n) is 6.51. The quantitative estimate of drug-likeness (QED) is 0.695. The SMILES string of the molecule is CCC1CCCCCN1C(=O)N[C@@H](CO)C(=O)O. The van der Waals surface area contributed by atoms with Crippen LogP contribution in [0.2, 0.25) is 0 Å². The number of likely N-dealkylation sites (tertiary alicyclic amines) is 1. The lowest BCUT2D eigenvalue weighted by Gasteiger charge is -2.30. The van der Waals surface area contributed by atoms with Crippen LogP contribution < -0.4 is 5.32 Å². The summed E-state index contributed by atoms with van der Waals surface area (Å²) >= 11 is 0. The summed E-state index contributed by atoms with van der Waals surface area (Å²) in [4.78, 5) is 24.5. The zero-order valence-corrected chi connectivity index (χ0v) is 10.8. The number of nitrogens with one attached hydrogen (secondary N) is 1. The molecule has 104 valence electrons. The summed E-state index contributed by atoms with van der Waals surface area (Å²) in [7, 11) is 0. The zero-order chi connectivity index (χ0) is 13.5. The fraction of sp³-hybridized carbons (Fsp3) is 0.833. The Bertz CT molecular complexity index is 296. The number of aliphatic hydroxyl groups is 1. The van der Waals surface area contributed by atoms with Gasteiger partial charge in [0.2, 0.25) is 0 Å². The topological polar surface area (TPSA) is 89.9 Å². The molecule has 2 atom stereocenters. The average molecular weight is 258 g/mol. The first-order chi connectivity index (χ1) is 8.60. The molecular weight excluding hydrogens is 236 g/mol. The molecule has 0 aromatic carbocycles. The van der Waals surface area contributed by atoms with E-state index in [2.05, 4.69) is 5.32 Å². The number of urea groups is 1. The van der Waals surface area contributed by atoms with Gasteiger partial charge in [0, 0.05) is 12.6 Å². The van der Waals surface area contributed by atoms with Gasteiger partial charge in [0.15, 0.2) is 6.04 Å². The molecule has 0 saturated carbocycles. The Labute approximate surface area is 107 Å². The molecule has 2 amide bonds. The van der Waals surface area contributed by atoms with Gasteiger partial charge in [0.1, 0.15) is 0 Å². The maximum absolute atomic E-state index is 12.0. The number of aliphatic hydroxyl groups excluding tert-OH is 1. The molecule has 1 aliphatic heterocycles. The minimum Gasteiger partial charge on any atom is -0.480 e. The highest BCUT2D eigenvalue weighted by molar-refractivity contribution is 5.82. The van der Waals surface area contributed by atoms with E-state index in [9.17, 15) is 9.59 Å². The highest BCUT2D eigenvalue weighted by Gasteiger charge is 2.27. The van der Waals surface area contributed by atoms with Crippen LogP contribution in [0.3, 0.4) is 0 Å². The first kappa shape index (κ1) is 14.8. The molecule has 0 aliphatic carbocycles. The van der Waals surface area contributed by atoms with Gasteiger partial charge in [-0.25, -0.2) is 9.59 Å². The third-order valence-corrected chi connectivity index (χ3v) is 3.39. The summed E-state index contributed by atoms with van der Waals surface area (Å²) in [6, 6.07) is -1.44. The van der Waals surface area contributed by atoms with Crippen LogP contribution in [-0.2, 0) is 4.79 Å². The number of hydrogen-bond acceptors (Lipinski definition) is 3. The Morgan fingerprint density at radius 1 is 1.39 bits per heavy atom. The Balaban J connectivity index is 2.64. The molecule has 0 aromatic heterocycles. The Morgan fingerprint density at radius 2 is 2.11 bits per heavy atom. The van der Waals surface area contributed by atoms with Crippen LogP contribution in [0.25, 0.3) is 0 Å². The van der Waals surface area contributed by atoms with Crippen molar-refractivity contribution >= 4 is 12.0 Å². The number of hydrogen-bond donors (Lipinski definition) is 3. The maximum Gasteiger partial charge on any atom is 0.328 e. The Hall–Kier alpha value is -1.30. The monoisotopic (exact) mass is 258 g/mol. The van der Waals surface area contributed by atoms with Gasteiger partial charge >= 0.3 is 12.0 Å². The average Bonchev–Trinajstić information content (AvgIpc) is 2.60. The lowest BCUT2D eigenvalue weighted by atomic mass is 10.1. The molecule has 6 heteroatoms. The molecule has 3 N–H and O–H groups in total. The van der Waals surface area contributed by atoms with Gasteiger partial charge in [-0.05, 0) is 19.3 Å². The van der Waals surface area contributed by atoms with Crippen molar-refractivity contribution in [1.29, 1.82) is 0 Å². The van der Waals surface area contributed by atoms with Crippen LogP contribution in [0.5, 0.6) is 0 Å². The fourth-order valence-electron chi connectivity index (χ4n) is 2.29. The van der Waals surface area contributed by atoms with Crippen LogP contribution in [-0.4, -0.2) is 52.3 Å². The highest BCUT2D eigenvalue weighted by Crippen LogP contribution is 2.19. The van der Waals surface area contributed by atoms with Crippen LogP contribution in [0.1, 0.15) is 39.0 Å². The number of carbonyl (C=O) groups is 2. The molecule has 6 nitrogen and oxygen atoms in total. The molecule has 0 bridgehead atoms. The van der Waals surface area contributed by atoms with Crippen molar-refractivity contribution in [2.75, 3.05) is 13.2 Å². The Morgan fingerprint density at radius 3 is 2.67 bits per heavy atom. The molecule has 1 unspecified atom stereocenters. The summed E-state index contributed by atoms with van der Waals surface area (Å²) in [5.74, 6) is -1.21. The van der Waals surface area contributed by atoms with Crippen LogP contribution in [0.15, 0.2) is 0 Å². The zero-order valence-electron chi connectivity index (χ0n) is 10.8. The molecule has 1 saturated heterocycles. The van der Waals surface area contributed by atoms with Gasteiger partial charge in [-0.2, -0.15) is 0 Å². The molecule has 1 fully saturated rings. The van der Waals surface area contributed by atoms with Crippen LogP contribution >= 0.6 is 0 Å². The van der Waals surface area contributed by atoms with Gasteiger partial charge in [0.25, 0.3) is 0 Å². The van der Waals surface area contributed by atoms with Gasteiger partial charge < -0.3 is 20.4 Å². The number of amides is 2. The minimum atomic E-state index is -1.22. The van der Waals surface area contributed by atoms with E-state index >= 15 is 0 Å². The lowest BCUT2D eigenvalue weighted by molar-refractivity contribution is -0.140. The molecule has 18 heavy (non-hydrogen) atoms. The normalized spacial score (nSPS) is 22.1. The molecule has 1 heterocycles. The molecule has 1 aliphatic rings. The summed E-state index contributed by atoms with van der Waals surface area (Å²) in [6.07, 6.45) is 4.97. The van der Waals surface area contributed by atoms with Crippen molar-refractivity contribution in [2.24, 2.45) is 0 Å². The number of rotatable bonds is 4. The summed E-state index contributed by atoms with van der Waals surface area (Å²) in [6.45, 7) is 2.09. The molecule has 0 spiro atoms. The number of carbonyl (C=O) groups excluding carboxylic acids is 1. The predicted octanol–water partition coefficient (Wildman–Crippen LogP) is 0.796. The van der Waals surface area contributed by atoms with Gasteiger partial charge in [0.05, 0.1) is 6.61 Å². The third-order valence-electron chi connectivity index (χ3n) is 3.39. The maximum atomic E-state index is 12.0. The second kappa shape index (κ2) is 7.20. The standard InChI is InChI=1S/C12H22N2O4/c1-2-9-6-4-3-5-7-14(9)12(18)13-10(8-15)11(16)17/h9-10,15H,2-8H2,1H3,(H,13,18)(H,16,17)/t9?,10-/m0/s1. The van der Waals surface area contributed by atoms with E-state index in [0.29, 0.717) is 6.54 Å². The van der Waals surface area contributed by atoms with E-state index in [1.807, 2.05) is 6.92 Å². The van der Waals surface area contributed by atoms with E-state index in [0.717, 1.165) is 32.1 Å². The van der Waals surface area contributed by atoms with E-state index < -0.39 is 18.6 Å². The summed E-state index contributed by atoms with van der Waals surface area (Å²) in [5.41, 5.74) is 0. The van der Waals surface area contributed by atoms with Gasteiger partial charge in [-0.1, -0.05) is 19.8 Å². The largest absolute Gasteiger partial charge is 0.480 e. The molecular formula is C12H22N2O4. The van der Waals surface area contributed by atoms with Crippen molar-refractivity contribution in [3.63, 3.8) is 0 Å². The second-order valence-electron chi connectivity index (χ2n) is 4.63. The Kier molecular flexibility index (Phi) is 5.91. The molecule has 0 aromatic rings. The summed E-state index contributed by atoms with van der Waals surface area (Å²) < 4.78 is 0. The van der Waals surface area contributed by atoms with E-state index in [4.69, 9.17) is 10.2 Å². The van der Waals surface area contributed by atoms with Gasteiger partial charge in [-0.15, -0.1) is 0 Å². The van der Waals surface area contributed by atoms with Crippen molar-refractivity contribution in [3.05, 3.63) is 0 Å². The lowest BCUT2D eigenvalue weighted by Crippen LogP contribution is -2.52. The number of carboxylic acids is 1. The first-order valence-corrected chi connectivity index (χ1v) is 6.51. The predicted molar refractivity (Wildman–Crippen MR) is 66.3 cm³/mol. The number of aliphatic carboxylic acids is 1. The molecule has 1 rings (SSSR count). The summed E-state index contributed by atoms with van der Waals surface area (Å²) in [5, 5.41) is 20.1. The van der Waals surface area contributed by atoms with Crippen molar-refractivity contribution in [1.82, 2.24) is 10.2 Å². The molecule has 0 radical (unpaired) electrons. The van der Waals surface area contributed by atoms with Crippen molar-refractivity contribution in [3.8, 4) is 0 Å². The number of nitrogens with zero attached hydrogens (tertiary/aromatic N) is 1. The van der Waals surface area contributed by atoms with Crippen molar-refractivity contribution in [2.45, 2.75) is 51.1 Å². The van der Waals surface area contributed by atoms with E-state index in [1.54, 1.807) is 4.90 Å². The van der Waals surface area contributed by atoms with Crippen molar-refractivity contribution < 1.29 is 19.8 Å². The van der Waals surface area contributed by atoms with Crippen LogP contribution in [0, 0.1) is 0 Å². The fourth-order valence-corrected chi connectivity index (χ4v) is 2.29. The second-order valence-corrected chi connectivity index (χ2v) is 4.63. The third kappa shape index (κ3) is 3.87. The van der Waals surface area contributed by atoms with Gasteiger partial charge in [-0.3, -0.25) is 0 Å². The van der Waals surface area contributed by atoms with E-state index in [1.165, 1.54) is 0 Å². The number of carboxylic acid groups (broad SMARTS) is 1. The highest BCUT2D eigenvalue weighted by atomic mass is 16.4.